The molecule has 0 saturated heterocycles. The van der Waals surface area contributed by atoms with Crippen molar-refractivity contribution in [3.63, 3.8) is 0 Å². The summed E-state index contributed by atoms with van der Waals surface area (Å²) in [4.78, 5) is 8.36. The van der Waals surface area contributed by atoms with Crippen LogP contribution in [0.5, 0.6) is 0 Å². The van der Waals surface area contributed by atoms with E-state index in [2.05, 4.69) is 9.97 Å². The van der Waals surface area contributed by atoms with Gasteiger partial charge in [-0.05, 0) is 24.3 Å². The predicted molar refractivity (Wildman–Crippen MR) is 53.6 cm³/mol. The van der Waals surface area contributed by atoms with Crippen LogP contribution in [0.4, 0.5) is 0 Å². The van der Waals surface area contributed by atoms with Crippen molar-refractivity contribution in [3.8, 4) is 0 Å². The van der Waals surface area contributed by atoms with Crippen LogP contribution in [-0.2, 0) is 0 Å². The van der Waals surface area contributed by atoms with Gasteiger partial charge in [-0.3, -0.25) is 0 Å². The number of hydrogen-bond donors (Lipinski definition) is 2. The third-order valence-corrected chi connectivity index (χ3v) is 2.06. The number of pyridine rings is 2. The summed E-state index contributed by atoms with van der Waals surface area (Å²) < 4.78 is 0. The zero-order valence-electron chi connectivity index (χ0n) is 7.59. The van der Waals surface area contributed by atoms with Gasteiger partial charge in [-0.25, -0.2) is 9.97 Å². The van der Waals surface area contributed by atoms with E-state index in [-0.39, 0.29) is 6.61 Å². The smallest absolute Gasteiger partial charge is 0.159 e. The molecule has 3 N–H and O–H groups in total. The molecule has 2 aromatic rings. The summed E-state index contributed by atoms with van der Waals surface area (Å²) in [5.74, 6) is 0. The van der Waals surface area contributed by atoms with Gasteiger partial charge in [0.05, 0.1) is 18.3 Å². The van der Waals surface area contributed by atoms with E-state index in [0.29, 0.717) is 11.3 Å². The molecular formula is C10H11N3O. The standard InChI is InChI=1S/C10H11N3O/c11-8(6-14)9-4-3-7-2-1-5-12-10(7)13-9/h1-5,8,14H,6,11H2/t8-/m0/s1. The Morgan fingerprint density at radius 1 is 1.36 bits per heavy atom. The highest BCUT2D eigenvalue weighted by atomic mass is 16.3. The van der Waals surface area contributed by atoms with Crippen molar-refractivity contribution in [1.29, 1.82) is 0 Å². The van der Waals surface area contributed by atoms with E-state index in [1.807, 2.05) is 24.3 Å². The van der Waals surface area contributed by atoms with E-state index in [1.165, 1.54) is 0 Å². The molecule has 14 heavy (non-hydrogen) atoms. The van der Waals surface area contributed by atoms with Gasteiger partial charge in [0.25, 0.3) is 0 Å². The van der Waals surface area contributed by atoms with E-state index < -0.39 is 6.04 Å². The van der Waals surface area contributed by atoms with Crippen molar-refractivity contribution in [1.82, 2.24) is 9.97 Å². The highest BCUT2D eigenvalue weighted by Gasteiger charge is 2.06. The molecule has 2 rings (SSSR count). The summed E-state index contributed by atoms with van der Waals surface area (Å²) in [5, 5.41) is 9.85. The molecule has 1 atom stereocenters. The van der Waals surface area contributed by atoms with Crippen LogP contribution >= 0.6 is 0 Å². The van der Waals surface area contributed by atoms with Crippen LogP contribution < -0.4 is 5.73 Å². The molecule has 0 radical (unpaired) electrons. The zero-order valence-corrected chi connectivity index (χ0v) is 7.59. The largest absolute Gasteiger partial charge is 0.394 e. The summed E-state index contributed by atoms with van der Waals surface area (Å²) in [5.41, 5.74) is 6.97. The number of nitrogens with two attached hydrogens (primary N) is 1. The molecule has 0 fully saturated rings. The van der Waals surface area contributed by atoms with E-state index >= 15 is 0 Å². The van der Waals surface area contributed by atoms with E-state index in [0.717, 1.165) is 5.39 Å². The van der Waals surface area contributed by atoms with Crippen LogP contribution in [0.3, 0.4) is 0 Å². The molecule has 2 aromatic heterocycles. The number of aromatic nitrogens is 2. The minimum absolute atomic E-state index is 0.106. The second kappa shape index (κ2) is 3.69. The lowest BCUT2D eigenvalue weighted by Gasteiger charge is -2.07. The third kappa shape index (κ3) is 1.57. The highest BCUT2D eigenvalue weighted by molar-refractivity contribution is 5.74. The summed E-state index contributed by atoms with van der Waals surface area (Å²) in [6, 6.07) is 7.08. The summed E-state index contributed by atoms with van der Waals surface area (Å²) >= 11 is 0. The van der Waals surface area contributed by atoms with Crippen LogP contribution in [0.15, 0.2) is 30.5 Å². The first kappa shape index (κ1) is 9.05. The van der Waals surface area contributed by atoms with Gasteiger partial charge in [-0.15, -0.1) is 0 Å². The first-order valence-electron chi connectivity index (χ1n) is 4.39. The maximum absolute atomic E-state index is 8.87. The molecule has 4 heteroatoms. The average Bonchev–Trinajstić information content (AvgIpc) is 2.27. The Balaban J connectivity index is 2.51. The van der Waals surface area contributed by atoms with Crippen LogP contribution in [0.2, 0.25) is 0 Å². The van der Waals surface area contributed by atoms with Crippen molar-refractivity contribution in [2.24, 2.45) is 5.73 Å². The predicted octanol–water partition coefficient (Wildman–Crippen LogP) is 0.622. The Bertz CT molecular complexity index is 444. The second-order valence-corrected chi connectivity index (χ2v) is 3.08. The third-order valence-electron chi connectivity index (χ3n) is 2.06. The molecule has 0 aliphatic carbocycles. The Morgan fingerprint density at radius 2 is 2.21 bits per heavy atom. The minimum atomic E-state index is -0.429. The summed E-state index contributed by atoms with van der Waals surface area (Å²) in [7, 11) is 0. The fourth-order valence-electron chi connectivity index (χ4n) is 1.27. The average molecular weight is 189 g/mol. The van der Waals surface area contributed by atoms with Crippen LogP contribution in [-0.4, -0.2) is 21.7 Å². The lowest BCUT2D eigenvalue weighted by molar-refractivity contribution is 0.266. The fourth-order valence-corrected chi connectivity index (χ4v) is 1.27. The molecule has 0 amide bonds. The number of rotatable bonds is 2. The van der Waals surface area contributed by atoms with Gasteiger partial charge >= 0.3 is 0 Å². The van der Waals surface area contributed by atoms with E-state index in [9.17, 15) is 0 Å². The van der Waals surface area contributed by atoms with Gasteiger partial charge in [0.2, 0.25) is 0 Å². The van der Waals surface area contributed by atoms with Gasteiger partial charge in [0, 0.05) is 11.6 Å². The van der Waals surface area contributed by atoms with Gasteiger partial charge in [0.15, 0.2) is 5.65 Å². The number of fused-ring (bicyclic) bond motifs is 1. The molecule has 0 unspecified atom stereocenters. The Labute approximate surface area is 81.4 Å². The van der Waals surface area contributed by atoms with Gasteiger partial charge < -0.3 is 10.8 Å². The van der Waals surface area contributed by atoms with Crippen molar-refractivity contribution < 1.29 is 5.11 Å². The van der Waals surface area contributed by atoms with E-state index in [1.54, 1.807) is 6.20 Å². The molecule has 0 aromatic carbocycles. The molecule has 2 heterocycles. The maximum Gasteiger partial charge on any atom is 0.159 e. The number of hydrogen-bond acceptors (Lipinski definition) is 4. The van der Waals surface area contributed by atoms with E-state index in [4.69, 9.17) is 10.8 Å². The fraction of sp³-hybridized carbons (Fsp3) is 0.200. The quantitative estimate of drug-likeness (QED) is 0.726. The highest BCUT2D eigenvalue weighted by Crippen LogP contribution is 2.12. The second-order valence-electron chi connectivity index (χ2n) is 3.08. The first-order chi connectivity index (χ1) is 6.81. The SMILES string of the molecule is N[C@@H](CO)c1ccc2cccnc2n1. The van der Waals surface area contributed by atoms with Crippen molar-refractivity contribution in [2.45, 2.75) is 6.04 Å². The summed E-state index contributed by atoms with van der Waals surface area (Å²) in [6.07, 6.45) is 1.68. The van der Waals surface area contributed by atoms with Crippen molar-refractivity contribution in [2.75, 3.05) is 6.61 Å². The van der Waals surface area contributed by atoms with Gasteiger partial charge in [-0.1, -0.05) is 0 Å². The Kier molecular flexibility index (Phi) is 2.39. The van der Waals surface area contributed by atoms with Crippen LogP contribution in [0, 0.1) is 0 Å². The minimum Gasteiger partial charge on any atom is -0.394 e. The lowest BCUT2D eigenvalue weighted by Crippen LogP contribution is -2.15. The van der Waals surface area contributed by atoms with Crippen molar-refractivity contribution in [3.05, 3.63) is 36.2 Å². The monoisotopic (exact) mass is 189 g/mol. The maximum atomic E-state index is 8.87. The molecule has 0 aliphatic rings. The number of nitrogens with zero attached hydrogens (tertiary/aromatic N) is 2. The lowest BCUT2D eigenvalue weighted by atomic mass is 10.2. The Morgan fingerprint density at radius 3 is 3.00 bits per heavy atom. The number of aliphatic hydroxyl groups excluding tert-OH is 1. The van der Waals surface area contributed by atoms with Gasteiger partial charge in [-0.2, -0.15) is 0 Å². The molecule has 4 nitrogen and oxygen atoms in total. The van der Waals surface area contributed by atoms with Crippen LogP contribution in [0.1, 0.15) is 11.7 Å². The molecule has 72 valence electrons. The topological polar surface area (TPSA) is 72.0 Å². The molecular weight excluding hydrogens is 178 g/mol. The zero-order chi connectivity index (χ0) is 9.97. The summed E-state index contributed by atoms with van der Waals surface area (Å²) in [6.45, 7) is -0.106. The number of aliphatic hydroxyl groups is 1. The molecule has 0 spiro atoms. The van der Waals surface area contributed by atoms with Gasteiger partial charge in [0.1, 0.15) is 0 Å². The molecule has 0 bridgehead atoms. The van der Waals surface area contributed by atoms with Crippen LogP contribution in [0.25, 0.3) is 11.0 Å². The first-order valence-corrected chi connectivity index (χ1v) is 4.39. The van der Waals surface area contributed by atoms with Crippen molar-refractivity contribution >= 4 is 11.0 Å². The molecule has 0 saturated carbocycles. The Hall–Kier alpha value is -1.52. The molecule has 0 aliphatic heterocycles. The normalized spacial score (nSPS) is 13.0.